The number of nitrogens with one attached hydrogen (secondary N) is 1. The van der Waals surface area contributed by atoms with E-state index in [0.717, 1.165) is 63.2 Å². The summed E-state index contributed by atoms with van der Waals surface area (Å²) in [6.45, 7) is 3.62. The first-order valence-corrected chi connectivity index (χ1v) is 15.1. The van der Waals surface area contributed by atoms with Crippen molar-refractivity contribution in [3.05, 3.63) is 54.9 Å². The van der Waals surface area contributed by atoms with Gasteiger partial charge in [0.05, 0.1) is 40.6 Å². The molecule has 0 atom stereocenters. The highest BCUT2D eigenvalue weighted by atomic mass is 32.2. The third-order valence-corrected chi connectivity index (χ3v) is 9.73. The molecule has 0 amide bonds. The summed E-state index contributed by atoms with van der Waals surface area (Å²) >= 11 is 0. The van der Waals surface area contributed by atoms with Crippen LogP contribution < -0.4 is 5.73 Å². The Balaban J connectivity index is 1.23. The molecule has 0 spiro atoms. The Kier molecular flexibility index (Phi) is 6.25. The van der Waals surface area contributed by atoms with Crippen LogP contribution in [0.4, 0.5) is 5.82 Å². The molecular weight excluding hydrogens is 528 g/mol. The minimum atomic E-state index is -3.78. The molecule has 1 aliphatic heterocycles. The van der Waals surface area contributed by atoms with Gasteiger partial charge in [-0.05, 0) is 49.9 Å². The van der Waals surface area contributed by atoms with Gasteiger partial charge in [-0.25, -0.2) is 28.1 Å². The smallest absolute Gasteiger partial charge is 0.239 e. The number of nitrogens with two attached hydrogens (primary N) is 1. The van der Waals surface area contributed by atoms with E-state index >= 15 is 0 Å². The number of fused-ring (bicyclic) bond motifs is 2. The van der Waals surface area contributed by atoms with E-state index in [4.69, 9.17) is 15.6 Å². The van der Waals surface area contributed by atoms with Gasteiger partial charge < -0.3 is 15.5 Å². The van der Waals surface area contributed by atoms with E-state index in [1.54, 1.807) is 36.4 Å². The fourth-order valence-corrected chi connectivity index (χ4v) is 7.24. The lowest BCUT2D eigenvalue weighted by Crippen LogP contribution is -2.45. The average Bonchev–Trinajstić information content (AvgIpc) is 3.61. The van der Waals surface area contributed by atoms with Crippen LogP contribution in [0.15, 0.2) is 64.9 Å². The molecule has 12 heteroatoms. The van der Waals surface area contributed by atoms with Gasteiger partial charge in [-0.1, -0.05) is 24.3 Å². The standard InChI is InChI=1S/C28H30N8O3S/c29-26-24-25(18-6-11-22-23(16-18)33-28(32-22)40(37,38)21-4-2-1-3-5-21)34-36(27(24)31-17-30-26)20-9-7-19(8-10-20)35-12-14-39-15-13-35/h1-6,11,16-17,19-20H,7-10,12-15H2,(H,32,33)(H2,29,30,31)/t19-,20-. The van der Waals surface area contributed by atoms with Crippen molar-refractivity contribution in [2.24, 2.45) is 0 Å². The molecule has 0 unspecified atom stereocenters. The summed E-state index contributed by atoms with van der Waals surface area (Å²) < 4.78 is 33.8. The highest BCUT2D eigenvalue weighted by Gasteiger charge is 2.30. The maximum absolute atomic E-state index is 13.1. The summed E-state index contributed by atoms with van der Waals surface area (Å²) in [6, 6.07) is 14.6. The first kappa shape index (κ1) is 25.1. The maximum Gasteiger partial charge on any atom is 0.239 e. The Labute approximate surface area is 231 Å². The maximum atomic E-state index is 13.1. The van der Waals surface area contributed by atoms with Crippen molar-refractivity contribution in [3.63, 3.8) is 0 Å². The number of anilines is 1. The van der Waals surface area contributed by atoms with Crippen molar-refractivity contribution in [2.45, 2.75) is 47.8 Å². The fourth-order valence-electron chi connectivity index (χ4n) is 6.03. The number of ether oxygens (including phenoxy) is 1. The van der Waals surface area contributed by atoms with E-state index in [1.807, 2.05) is 16.8 Å². The quantitative estimate of drug-likeness (QED) is 0.330. The third-order valence-electron chi connectivity index (χ3n) is 8.13. The van der Waals surface area contributed by atoms with Crippen molar-refractivity contribution in [2.75, 3.05) is 32.0 Å². The molecule has 206 valence electrons. The van der Waals surface area contributed by atoms with Gasteiger partial charge in [-0.15, -0.1) is 0 Å². The van der Waals surface area contributed by atoms with Crippen LogP contribution in [0.5, 0.6) is 0 Å². The van der Waals surface area contributed by atoms with Gasteiger partial charge in [0, 0.05) is 24.7 Å². The second-order valence-corrected chi connectivity index (χ2v) is 12.3. The predicted molar refractivity (Wildman–Crippen MR) is 150 cm³/mol. The number of nitrogens with zero attached hydrogens (tertiary/aromatic N) is 6. The molecule has 2 aromatic carbocycles. The SMILES string of the molecule is Nc1ncnc2c1c(-c1ccc3nc(S(=O)(=O)c4ccccc4)[nH]c3c1)nn2[C@H]1CC[C@H](N2CCOCC2)CC1. The minimum Gasteiger partial charge on any atom is -0.383 e. The Morgan fingerprint density at radius 3 is 2.48 bits per heavy atom. The molecule has 3 N–H and O–H groups in total. The molecule has 2 aliphatic rings. The molecule has 3 aromatic heterocycles. The third kappa shape index (κ3) is 4.32. The molecule has 2 fully saturated rings. The van der Waals surface area contributed by atoms with Crippen LogP contribution in [0.25, 0.3) is 33.3 Å². The van der Waals surface area contributed by atoms with Crippen LogP contribution in [0, 0.1) is 0 Å². The van der Waals surface area contributed by atoms with E-state index in [2.05, 4.69) is 24.8 Å². The van der Waals surface area contributed by atoms with Gasteiger partial charge in [0.1, 0.15) is 17.8 Å². The largest absolute Gasteiger partial charge is 0.383 e. The number of imidazole rings is 1. The number of nitrogen functional groups attached to an aromatic ring is 1. The summed E-state index contributed by atoms with van der Waals surface area (Å²) in [5.41, 5.74) is 9.69. The average molecular weight is 559 g/mol. The van der Waals surface area contributed by atoms with Crippen LogP contribution in [-0.2, 0) is 14.6 Å². The van der Waals surface area contributed by atoms with Crippen molar-refractivity contribution in [1.82, 2.24) is 34.6 Å². The monoisotopic (exact) mass is 558 g/mol. The first-order chi connectivity index (χ1) is 19.5. The summed E-state index contributed by atoms with van der Waals surface area (Å²) in [6.07, 6.45) is 5.68. The van der Waals surface area contributed by atoms with Crippen LogP contribution >= 0.6 is 0 Å². The number of hydrogen-bond donors (Lipinski definition) is 2. The number of sulfone groups is 1. The topological polar surface area (TPSA) is 145 Å². The summed E-state index contributed by atoms with van der Waals surface area (Å²) in [5, 5.41) is 5.65. The van der Waals surface area contributed by atoms with E-state index in [0.29, 0.717) is 34.0 Å². The number of rotatable bonds is 5. The lowest BCUT2D eigenvalue weighted by atomic mass is 9.90. The van der Waals surface area contributed by atoms with Gasteiger partial charge in [-0.3, -0.25) is 4.90 Å². The van der Waals surface area contributed by atoms with E-state index < -0.39 is 9.84 Å². The lowest BCUT2D eigenvalue weighted by Gasteiger charge is -2.38. The molecule has 11 nitrogen and oxygen atoms in total. The number of morpholine rings is 1. The van der Waals surface area contributed by atoms with E-state index in [1.165, 1.54) is 6.33 Å². The fraction of sp³-hybridized carbons (Fsp3) is 0.357. The van der Waals surface area contributed by atoms with Gasteiger partial charge >= 0.3 is 0 Å². The Bertz CT molecular complexity index is 1790. The highest BCUT2D eigenvalue weighted by molar-refractivity contribution is 7.91. The summed E-state index contributed by atoms with van der Waals surface area (Å²) in [7, 11) is -3.78. The molecule has 0 bridgehead atoms. The number of aromatic amines is 1. The molecule has 40 heavy (non-hydrogen) atoms. The summed E-state index contributed by atoms with van der Waals surface area (Å²) in [5.74, 6) is 0.366. The lowest BCUT2D eigenvalue weighted by molar-refractivity contribution is 0.00520. The number of aromatic nitrogens is 6. The molecule has 1 saturated carbocycles. The van der Waals surface area contributed by atoms with Crippen molar-refractivity contribution < 1.29 is 13.2 Å². The zero-order valence-electron chi connectivity index (χ0n) is 21.9. The normalized spacial score (nSPS) is 20.8. The minimum absolute atomic E-state index is 0.0962. The Hall–Kier alpha value is -3.87. The second kappa shape index (κ2) is 9.95. The Morgan fingerprint density at radius 1 is 0.950 bits per heavy atom. The first-order valence-electron chi connectivity index (χ1n) is 13.6. The molecule has 1 aliphatic carbocycles. The number of benzene rings is 2. The van der Waals surface area contributed by atoms with Crippen LogP contribution in [0.2, 0.25) is 0 Å². The molecule has 0 radical (unpaired) electrons. The molecular formula is C28H30N8O3S. The number of hydrogen-bond acceptors (Lipinski definition) is 9. The van der Waals surface area contributed by atoms with Gasteiger partial charge in [0.15, 0.2) is 5.65 Å². The molecule has 7 rings (SSSR count). The van der Waals surface area contributed by atoms with E-state index in [9.17, 15) is 8.42 Å². The zero-order valence-corrected chi connectivity index (χ0v) is 22.7. The summed E-state index contributed by atoms with van der Waals surface area (Å²) in [4.78, 5) is 19.0. The van der Waals surface area contributed by atoms with Crippen LogP contribution in [0.3, 0.4) is 0 Å². The van der Waals surface area contributed by atoms with Crippen LogP contribution in [-0.4, -0.2) is 75.4 Å². The predicted octanol–water partition coefficient (Wildman–Crippen LogP) is 3.60. The van der Waals surface area contributed by atoms with Crippen molar-refractivity contribution >= 4 is 37.7 Å². The van der Waals surface area contributed by atoms with Crippen molar-refractivity contribution in [1.29, 1.82) is 0 Å². The molecule has 5 aromatic rings. The zero-order chi connectivity index (χ0) is 27.3. The van der Waals surface area contributed by atoms with Gasteiger partial charge in [0.2, 0.25) is 15.0 Å². The van der Waals surface area contributed by atoms with Crippen LogP contribution in [0.1, 0.15) is 31.7 Å². The van der Waals surface area contributed by atoms with Gasteiger partial charge in [0.25, 0.3) is 0 Å². The van der Waals surface area contributed by atoms with Crippen molar-refractivity contribution in [3.8, 4) is 11.3 Å². The van der Waals surface area contributed by atoms with Gasteiger partial charge in [-0.2, -0.15) is 5.10 Å². The second-order valence-electron chi connectivity index (χ2n) is 10.5. The molecule has 4 heterocycles. The molecule has 1 saturated heterocycles. The van der Waals surface area contributed by atoms with E-state index in [-0.39, 0.29) is 16.1 Å². The number of H-pyrrole nitrogens is 1. The Morgan fingerprint density at radius 2 is 1.70 bits per heavy atom. The highest BCUT2D eigenvalue weighted by Crippen LogP contribution is 2.37.